The Balaban J connectivity index is 1.29. The molecule has 1 fully saturated rings. The van der Waals surface area contributed by atoms with Crippen molar-refractivity contribution >= 4 is 37.0 Å². The maximum Gasteiger partial charge on any atom is 0.284 e. The molecule has 1 saturated heterocycles. The quantitative estimate of drug-likeness (QED) is 0.242. The lowest BCUT2D eigenvalue weighted by atomic mass is 10.0. The summed E-state index contributed by atoms with van der Waals surface area (Å²) in [5.41, 5.74) is 0.797. The van der Waals surface area contributed by atoms with E-state index < -0.39 is 37.6 Å². The molecule has 0 aliphatic carbocycles. The van der Waals surface area contributed by atoms with Gasteiger partial charge < -0.3 is 5.32 Å². The van der Waals surface area contributed by atoms with Gasteiger partial charge in [0.15, 0.2) is 0 Å². The molecule has 0 radical (unpaired) electrons. The van der Waals surface area contributed by atoms with Gasteiger partial charge in [-0.25, -0.2) is 31.5 Å². The van der Waals surface area contributed by atoms with Crippen LogP contribution in [0.3, 0.4) is 0 Å². The number of piperidine rings is 1. The third-order valence-electron chi connectivity index (χ3n) is 7.94. The second kappa shape index (κ2) is 12.5. The molecule has 0 amide bonds. The van der Waals surface area contributed by atoms with E-state index in [1.165, 1.54) is 28.8 Å². The minimum Gasteiger partial charge on any atom is -0.351 e. The monoisotopic (exact) mass is 685 g/mol. The van der Waals surface area contributed by atoms with Gasteiger partial charge in [0.2, 0.25) is 16.0 Å². The lowest BCUT2D eigenvalue weighted by molar-refractivity contribution is 0.149. The van der Waals surface area contributed by atoms with Crippen molar-refractivity contribution < 1.29 is 25.6 Å². The number of nitrogens with one attached hydrogen (secondary N) is 1. The van der Waals surface area contributed by atoms with Gasteiger partial charge in [0.05, 0.1) is 29.0 Å². The van der Waals surface area contributed by atoms with Gasteiger partial charge in [0, 0.05) is 42.5 Å². The van der Waals surface area contributed by atoms with Gasteiger partial charge in [-0.05, 0) is 55.2 Å². The average molecular weight is 686 g/mol. The Bertz CT molecular complexity index is 2220. The summed E-state index contributed by atoms with van der Waals surface area (Å²) in [6.07, 6.45) is 4.21. The van der Waals surface area contributed by atoms with Crippen molar-refractivity contribution in [1.29, 1.82) is 0 Å². The van der Waals surface area contributed by atoms with E-state index in [4.69, 9.17) is 0 Å². The number of fused-ring (bicyclic) bond motifs is 1. The van der Waals surface area contributed by atoms with E-state index in [2.05, 4.69) is 30.4 Å². The fourth-order valence-corrected chi connectivity index (χ4v) is 7.34. The minimum atomic E-state index is -3.98. The van der Waals surface area contributed by atoms with E-state index in [0.717, 1.165) is 39.2 Å². The molecule has 0 bridgehead atoms. The van der Waals surface area contributed by atoms with Gasteiger partial charge in [-0.2, -0.15) is 13.4 Å². The van der Waals surface area contributed by atoms with E-state index in [9.17, 15) is 30.4 Å². The van der Waals surface area contributed by atoms with Crippen LogP contribution in [-0.2, 0) is 26.6 Å². The van der Waals surface area contributed by atoms with Crippen molar-refractivity contribution in [3.8, 4) is 11.3 Å². The van der Waals surface area contributed by atoms with Crippen LogP contribution >= 0.6 is 0 Å². The molecule has 5 aromatic rings. The molecule has 0 unspecified atom stereocenters. The van der Waals surface area contributed by atoms with E-state index >= 15 is 0 Å². The summed E-state index contributed by atoms with van der Waals surface area (Å²) in [4.78, 5) is 30.2. The Morgan fingerprint density at radius 2 is 1.79 bits per heavy atom. The summed E-state index contributed by atoms with van der Waals surface area (Å²) in [6.45, 7) is 2.33. The molecular weight excluding hydrogens is 657 g/mol. The van der Waals surface area contributed by atoms with E-state index in [1.807, 2.05) is 0 Å². The molecule has 5 heterocycles. The van der Waals surface area contributed by atoms with Crippen molar-refractivity contribution in [3.05, 3.63) is 88.5 Å². The number of pyridine rings is 2. The van der Waals surface area contributed by atoms with Crippen LogP contribution in [-0.4, -0.2) is 80.2 Å². The topological polar surface area (TPSA) is 175 Å². The summed E-state index contributed by atoms with van der Waals surface area (Å²) in [5.74, 6) is 0.179. The number of aryl methyl sites for hydroxylation is 1. The van der Waals surface area contributed by atoms with Gasteiger partial charge >= 0.3 is 0 Å². The predicted molar refractivity (Wildman–Crippen MR) is 168 cm³/mol. The largest absolute Gasteiger partial charge is 0.351 e. The number of halogens is 2. The van der Waals surface area contributed by atoms with Gasteiger partial charge in [-0.1, -0.05) is 12.1 Å². The smallest absolute Gasteiger partial charge is 0.284 e. The van der Waals surface area contributed by atoms with Crippen LogP contribution in [0, 0.1) is 6.92 Å². The molecular formula is C29H29F2N9O5S2. The summed E-state index contributed by atoms with van der Waals surface area (Å²) in [7, 11) is -7.28. The van der Waals surface area contributed by atoms with Crippen molar-refractivity contribution in [3.63, 3.8) is 0 Å². The fourth-order valence-electron chi connectivity index (χ4n) is 5.40. The first kappa shape index (κ1) is 32.3. The normalized spacial score (nSPS) is 15.0. The molecule has 6 rings (SSSR count). The number of nitrogens with zero attached hydrogens (tertiary/aromatic N) is 8. The summed E-state index contributed by atoms with van der Waals surface area (Å²) in [5, 5.41) is 7.14. The van der Waals surface area contributed by atoms with Crippen LogP contribution in [0.1, 0.15) is 36.0 Å². The fraction of sp³-hybridized carbons (Fsp3) is 0.310. The number of anilines is 1. The Morgan fingerprint density at radius 3 is 2.43 bits per heavy atom. The van der Waals surface area contributed by atoms with E-state index in [-0.39, 0.29) is 34.5 Å². The molecule has 1 aliphatic rings. The van der Waals surface area contributed by atoms with Gasteiger partial charge in [-0.15, -0.1) is 9.19 Å². The first-order valence-corrected chi connectivity index (χ1v) is 17.7. The van der Waals surface area contributed by atoms with Crippen molar-refractivity contribution in [1.82, 2.24) is 38.0 Å². The molecule has 0 atom stereocenters. The average Bonchev–Trinajstić information content (AvgIpc) is 3.59. The molecule has 1 aliphatic heterocycles. The molecule has 246 valence electrons. The predicted octanol–water partition coefficient (Wildman–Crippen LogP) is 2.81. The number of benzene rings is 1. The third-order valence-corrected chi connectivity index (χ3v) is 10.8. The molecule has 0 saturated carbocycles. The highest BCUT2D eigenvalue weighted by atomic mass is 32.2. The second-order valence-electron chi connectivity index (χ2n) is 11.1. The van der Waals surface area contributed by atoms with E-state index in [1.54, 1.807) is 25.1 Å². The van der Waals surface area contributed by atoms with Gasteiger partial charge in [-0.3, -0.25) is 14.3 Å². The lowest BCUT2D eigenvalue weighted by Crippen LogP contribution is -2.42. The first-order chi connectivity index (χ1) is 22.3. The minimum absolute atomic E-state index is 0.0126. The van der Waals surface area contributed by atoms with Crippen LogP contribution in [0.15, 0.2) is 71.1 Å². The van der Waals surface area contributed by atoms with Crippen LogP contribution < -0.4 is 10.9 Å². The number of alkyl halides is 2. The van der Waals surface area contributed by atoms with Crippen LogP contribution in [0.5, 0.6) is 0 Å². The lowest BCUT2D eigenvalue weighted by Gasteiger charge is -2.30. The Kier molecular flexibility index (Phi) is 8.58. The van der Waals surface area contributed by atoms with E-state index in [0.29, 0.717) is 42.8 Å². The molecule has 1 aromatic carbocycles. The number of hydrogen-bond donors (Lipinski definition) is 1. The zero-order valence-electron chi connectivity index (χ0n) is 25.2. The first-order valence-electron chi connectivity index (χ1n) is 14.4. The molecule has 0 spiro atoms. The molecule has 18 heteroatoms. The molecule has 1 N–H and O–H groups in total. The molecule has 47 heavy (non-hydrogen) atoms. The molecule has 4 aromatic heterocycles. The number of sulfonamides is 1. The molecule has 14 nitrogen and oxygen atoms in total. The summed E-state index contributed by atoms with van der Waals surface area (Å²) >= 11 is 0. The van der Waals surface area contributed by atoms with Gasteiger partial charge in [0.1, 0.15) is 18.3 Å². The van der Waals surface area contributed by atoms with Crippen molar-refractivity contribution in [2.75, 3.05) is 24.7 Å². The SMILES string of the molecule is Cc1ccc(S(=O)(=O)n2cncn2)cc1-c1ccc(Cn2c(=O)c(C(F)F)cc3cnc(NC4CCN(S(C)(=O)=O)CC4)nc32)cn1. The van der Waals surface area contributed by atoms with Crippen LogP contribution in [0.2, 0.25) is 0 Å². The number of hydrogen-bond acceptors (Lipinski definition) is 11. The maximum atomic E-state index is 13.9. The van der Waals surface area contributed by atoms with Crippen LogP contribution in [0.4, 0.5) is 14.7 Å². The van der Waals surface area contributed by atoms with Crippen LogP contribution in [0.25, 0.3) is 22.3 Å². The summed E-state index contributed by atoms with van der Waals surface area (Å²) in [6, 6.07) is 8.86. The zero-order chi connectivity index (χ0) is 33.5. The van der Waals surface area contributed by atoms with Crippen molar-refractivity contribution in [2.24, 2.45) is 0 Å². The zero-order valence-corrected chi connectivity index (χ0v) is 26.8. The standard InChI is InChI=1S/C29H29F2N9O5S2/c1-18-3-5-22(47(44,45)40-17-32-16-35-40)12-23(18)25-6-4-19(13-33-25)15-39-27-20(11-24(26(30)31)28(39)41)14-34-29(37-27)36-21-7-9-38(10-8-21)46(2,42)43/h3-6,11-14,16-17,21,26H,7-10,15H2,1-2H3,(H,34,36,37). The van der Waals surface area contributed by atoms with Crippen molar-refractivity contribution in [2.45, 2.75) is 43.7 Å². The third kappa shape index (κ3) is 6.61. The number of aromatic nitrogens is 7. The number of rotatable bonds is 9. The van der Waals surface area contributed by atoms with Gasteiger partial charge in [0.25, 0.3) is 22.0 Å². The Morgan fingerprint density at radius 1 is 1.02 bits per heavy atom. The Labute approximate surface area is 268 Å². The highest BCUT2D eigenvalue weighted by Crippen LogP contribution is 2.27. The highest BCUT2D eigenvalue weighted by Gasteiger charge is 2.26. The maximum absolute atomic E-state index is 13.9. The highest BCUT2D eigenvalue weighted by molar-refractivity contribution is 7.89. The second-order valence-corrected chi connectivity index (χ2v) is 14.9. The summed E-state index contributed by atoms with van der Waals surface area (Å²) < 4.78 is 80.7. The Hall–Kier alpha value is -4.68.